The molecule has 2 N–H and O–H groups in total. The topological polar surface area (TPSA) is 86.7 Å². The number of thiocarbonyl (C=S) groups is 1. The number of carbonyl (C=O) groups excluding carboxylic acids is 2. The molecule has 0 spiro atoms. The number of nitrogens with one attached hydrogen (secondary N) is 1. The predicted molar refractivity (Wildman–Crippen MR) is 132 cm³/mol. The maximum atomic E-state index is 13.5. The van der Waals surface area contributed by atoms with Crippen molar-refractivity contribution in [3.05, 3.63) is 80.9 Å². The lowest BCUT2D eigenvalue weighted by Crippen LogP contribution is -2.36. The van der Waals surface area contributed by atoms with Crippen LogP contribution in [0.4, 0.5) is 14.5 Å². The number of hydrogen-bond donors (Lipinski definition) is 2. The molecule has 0 atom stereocenters. The van der Waals surface area contributed by atoms with Gasteiger partial charge in [-0.3, -0.25) is 14.5 Å². The maximum Gasteiger partial charge on any atom is 0.335 e. The molecule has 6 nitrogen and oxygen atoms in total. The van der Waals surface area contributed by atoms with Crippen molar-refractivity contribution < 1.29 is 28.3 Å². The number of thioether (sulfide) groups is 1. The highest BCUT2D eigenvalue weighted by Gasteiger charge is 2.33. The number of nitrogens with zero attached hydrogens (tertiary/aromatic N) is 1. The zero-order valence-corrected chi connectivity index (χ0v) is 19.5. The summed E-state index contributed by atoms with van der Waals surface area (Å²) in [5, 5.41) is 13.3. The van der Waals surface area contributed by atoms with Crippen LogP contribution >= 0.6 is 35.3 Å². The minimum Gasteiger partial charge on any atom is -0.478 e. The van der Waals surface area contributed by atoms with Gasteiger partial charge in [0.05, 0.1) is 10.5 Å². The predicted octanol–water partition coefficient (Wildman–Crippen LogP) is 5.23. The average Bonchev–Trinajstić information content (AvgIpc) is 3.36. The molecule has 2 heterocycles. The van der Waals surface area contributed by atoms with E-state index < -0.39 is 29.4 Å². The molecule has 0 aliphatic carbocycles. The molecule has 11 heteroatoms. The third-order valence-corrected chi connectivity index (χ3v) is 6.99. The largest absolute Gasteiger partial charge is 0.478 e. The van der Waals surface area contributed by atoms with Crippen LogP contribution in [0.15, 0.2) is 58.8 Å². The van der Waals surface area contributed by atoms with Gasteiger partial charge in [0, 0.05) is 10.6 Å². The molecule has 0 radical (unpaired) electrons. The Kier molecular flexibility index (Phi) is 6.87. The molecular weight excluding hydrogens is 502 g/mol. The summed E-state index contributed by atoms with van der Waals surface area (Å²) in [5.74, 6) is -3.86. The van der Waals surface area contributed by atoms with E-state index in [-0.39, 0.29) is 16.4 Å². The van der Waals surface area contributed by atoms with Crippen LogP contribution in [0.3, 0.4) is 0 Å². The van der Waals surface area contributed by atoms with Crippen molar-refractivity contribution in [1.29, 1.82) is 0 Å². The Labute approximate surface area is 205 Å². The van der Waals surface area contributed by atoms with Gasteiger partial charge in [-0.25, -0.2) is 13.6 Å². The van der Waals surface area contributed by atoms with Gasteiger partial charge in [-0.2, -0.15) is 0 Å². The first kappa shape index (κ1) is 23.7. The van der Waals surface area contributed by atoms with E-state index in [0.29, 0.717) is 26.6 Å². The van der Waals surface area contributed by atoms with Crippen LogP contribution in [-0.4, -0.2) is 38.7 Å². The summed E-state index contributed by atoms with van der Waals surface area (Å²) >= 11 is 7.64. The van der Waals surface area contributed by atoms with Gasteiger partial charge in [0.15, 0.2) is 11.6 Å². The van der Waals surface area contributed by atoms with Gasteiger partial charge in [0.2, 0.25) is 5.91 Å². The first-order chi connectivity index (χ1) is 16.2. The van der Waals surface area contributed by atoms with Gasteiger partial charge in [-0.1, -0.05) is 30.0 Å². The summed E-state index contributed by atoms with van der Waals surface area (Å²) in [4.78, 5) is 38.3. The SMILES string of the molecule is O=C(CN1C(=O)C(=Cc2cc(-c3ccc(F)c(F)c3)cs2)SC1=S)Nc1ccc(C(=O)O)cc1. The lowest BCUT2D eigenvalue weighted by atomic mass is 10.1. The Morgan fingerprint density at radius 2 is 1.79 bits per heavy atom. The molecule has 0 saturated carbocycles. The van der Waals surface area contributed by atoms with Crippen LogP contribution in [0.2, 0.25) is 0 Å². The van der Waals surface area contributed by atoms with Crippen molar-refractivity contribution in [3.63, 3.8) is 0 Å². The summed E-state index contributed by atoms with van der Waals surface area (Å²) in [7, 11) is 0. The van der Waals surface area contributed by atoms with E-state index in [0.717, 1.165) is 23.9 Å². The number of benzene rings is 2. The number of hydrogen-bond acceptors (Lipinski definition) is 6. The minimum absolute atomic E-state index is 0.0846. The van der Waals surface area contributed by atoms with Gasteiger partial charge in [-0.15, -0.1) is 11.3 Å². The fourth-order valence-electron chi connectivity index (χ4n) is 3.06. The number of thiophene rings is 1. The molecule has 2 aromatic carbocycles. The van der Waals surface area contributed by atoms with E-state index in [1.165, 1.54) is 46.6 Å². The fourth-order valence-corrected chi connectivity index (χ4v) is 5.23. The highest BCUT2D eigenvalue weighted by atomic mass is 32.2. The number of carboxylic acid groups (broad SMARTS) is 1. The van der Waals surface area contributed by atoms with E-state index in [9.17, 15) is 23.2 Å². The smallest absolute Gasteiger partial charge is 0.335 e. The van der Waals surface area contributed by atoms with Crippen molar-refractivity contribution in [3.8, 4) is 11.1 Å². The van der Waals surface area contributed by atoms with Crippen molar-refractivity contribution in [1.82, 2.24) is 4.90 Å². The third-order valence-electron chi connectivity index (χ3n) is 4.74. The Morgan fingerprint density at radius 3 is 2.47 bits per heavy atom. The second-order valence-electron chi connectivity index (χ2n) is 7.07. The second kappa shape index (κ2) is 9.84. The van der Waals surface area contributed by atoms with Crippen LogP contribution in [0, 0.1) is 11.6 Å². The molecule has 1 aromatic heterocycles. The van der Waals surface area contributed by atoms with Crippen LogP contribution in [0.25, 0.3) is 17.2 Å². The van der Waals surface area contributed by atoms with E-state index in [4.69, 9.17) is 17.3 Å². The second-order valence-corrected chi connectivity index (χ2v) is 9.68. The maximum absolute atomic E-state index is 13.5. The Balaban J connectivity index is 1.43. The molecule has 3 aromatic rings. The normalized spacial score (nSPS) is 14.6. The molecule has 0 unspecified atom stereocenters. The molecule has 1 aliphatic rings. The first-order valence-corrected chi connectivity index (χ1v) is 11.7. The standard InChI is InChI=1S/C23H14F2N2O4S3/c24-17-6-3-13(8-18(17)25)14-7-16(33-11-14)9-19-21(29)27(23(32)34-19)10-20(28)26-15-4-1-12(2-5-15)22(30)31/h1-9,11H,10H2,(H,26,28)(H,30,31). The summed E-state index contributed by atoms with van der Waals surface area (Å²) in [5.41, 5.74) is 1.66. The number of amides is 2. The minimum atomic E-state index is -1.08. The summed E-state index contributed by atoms with van der Waals surface area (Å²) in [6.07, 6.45) is 1.63. The summed E-state index contributed by atoms with van der Waals surface area (Å²) in [6.45, 7) is -0.298. The monoisotopic (exact) mass is 516 g/mol. The Morgan fingerprint density at radius 1 is 1.06 bits per heavy atom. The van der Waals surface area contributed by atoms with E-state index in [1.807, 2.05) is 0 Å². The molecule has 0 bridgehead atoms. The van der Waals surface area contributed by atoms with Crippen molar-refractivity contribution >= 4 is 69.2 Å². The molecule has 1 fully saturated rings. The molecule has 4 rings (SSSR count). The third kappa shape index (κ3) is 5.22. The van der Waals surface area contributed by atoms with Crippen LogP contribution in [-0.2, 0) is 9.59 Å². The zero-order chi connectivity index (χ0) is 24.4. The van der Waals surface area contributed by atoms with Crippen molar-refractivity contribution in [2.45, 2.75) is 0 Å². The molecule has 34 heavy (non-hydrogen) atoms. The molecule has 2 amide bonds. The number of rotatable bonds is 6. The molecule has 1 aliphatic heterocycles. The van der Waals surface area contributed by atoms with E-state index >= 15 is 0 Å². The van der Waals surface area contributed by atoms with Crippen molar-refractivity contribution in [2.75, 3.05) is 11.9 Å². The van der Waals surface area contributed by atoms with Gasteiger partial charge < -0.3 is 10.4 Å². The number of aromatic carboxylic acids is 1. The van der Waals surface area contributed by atoms with Crippen LogP contribution in [0.1, 0.15) is 15.2 Å². The van der Waals surface area contributed by atoms with Crippen molar-refractivity contribution in [2.24, 2.45) is 0 Å². The van der Waals surface area contributed by atoms with Gasteiger partial charge in [0.25, 0.3) is 5.91 Å². The van der Waals surface area contributed by atoms with E-state index in [1.54, 1.807) is 17.5 Å². The van der Waals surface area contributed by atoms with Gasteiger partial charge >= 0.3 is 5.97 Å². The highest BCUT2D eigenvalue weighted by molar-refractivity contribution is 8.26. The van der Waals surface area contributed by atoms with Gasteiger partial charge in [-0.05, 0) is 65.0 Å². The number of anilines is 1. The zero-order valence-electron chi connectivity index (χ0n) is 17.1. The van der Waals surface area contributed by atoms with Crippen LogP contribution in [0.5, 0.6) is 0 Å². The number of carboxylic acids is 1. The van der Waals surface area contributed by atoms with E-state index in [2.05, 4.69) is 5.32 Å². The number of carbonyl (C=O) groups is 3. The molecule has 1 saturated heterocycles. The Hall–Kier alpha value is -3.41. The quantitative estimate of drug-likeness (QED) is 0.345. The summed E-state index contributed by atoms with van der Waals surface area (Å²) in [6, 6.07) is 11.0. The lowest BCUT2D eigenvalue weighted by molar-refractivity contribution is -0.126. The lowest BCUT2D eigenvalue weighted by Gasteiger charge is -2.14. The number of halogens is 2. The average molecular weight is 517 g/mol. The highest BCUT2D eigenvalue weighted by Crippen LogP contribution is 2.35. The fraction of sp³-hybridized carbons (Fsp3) is 0.0435. The molecular formula is C23H14F2N2O4S3. The Bertz CT molecular complexity index is 1350. The first-order valence-electron chi connectivity index (χ1n) is 9.64. The summed E-state index contributed by atoms with van der Waals surface area (Å²) < 4.78 is 26.9. The molecule has 172 valence electrons. The van der Waals surface area contributed by atoms with Gasteiger partial charge in [0.1, 0.15) is 10.9 Å². The van der Waals surface area contributed by atoms with Crippen LogP contribution < -0.4 is 5.32 Å².